The number of amides is 1. The Hall–Kier alpha value is -0.430. The summed E-state index contributed by atoms with van der Waals surface area (Å²) in [6.07, 6.45) is 0.895. The molecule has 18 heavy (non-hydrogen) atoms. The Morgan fingerprint density at radius 1 is 1.72 bits per heavy atom. The van der Waals surface area contributed by atoms with Crippen molar-refractivity contribution in [2.45, 2.75) is 12.5 Å². The maximum Gasteiger partial charge on any atom is 0.241 e. The second kappa shape index (κ2) is 6.65. The van der Waals surface area contributed by atoms with E-state index in [1.165, 1.54) is 4.88 Å². The highest BCUT2D eigenvalue weighted by Gasteiger charge is 2.23. The van der Waals surface area contributed by atoms with Crippen LogP contribution in [0.4, 0.5) is 0 Å². The van der Waals surface area contributed by atoms with Crippen molar-refractivity contribution in [3.8, 4) is 0 Å². The van der Waals surface area contributed by atoms with Crippen LogP contribution in [0.15, 0.2) is 15.9 Å². The van der Waals surface area contributed by atoms with E-state index in [1.807, 2.05) is 7.05 Å². The summed E-state index contributed by atoms with van der Waals surface area (Å²) in [6.45, 7) is 2.66. The zero-order valence-corrected chi connectivity index (χ0v) is 12.7. The molecular formula is C12H17BrN2O2S. The maximum absolute atomic E-state index is 12.1. The fourth-order valence-electron chi connectivity index (χ4n) is 1.86. The third kappa shape index (κ3) is 3.78. The molecule has 1 aliphatic heterocycles. The zero-order valence-electron chi connectivity index (χ0n) is 10.3. The molecule has 1 unspecified atom stereocenters. The summed E-state index contributed by atoms with van der Waals surface area (Å²) in [5.41, 5.74) is 0. The van der Waals surface area contributed by atoms with Crippen LogP contribution in [-0.2, 0) is 16.0 Å². The second-order valence-corrected chi connectivity index (χ2v) is 6.23. The van der Waals surface area contributed by atoms with Crippen LogP contribution >= 0.6 is 27.3 Å². The van der Waals surface area contributed by atoms with Crippen molar-refractivity contribution in [1.29, 1.82) is 0 Å². The number of rotatable bonds is 4. The van der Waals surface area contributed by atoms with E-state index in [2.05, 4.69) is 32.7 Å². The van der Waals surface area contributed by atoms with Gasteiger partial charge in [-0.05, 0) is 28.4 Å². The second-order valence-electron chi connectivity index (χ2n) is 4.32. The number of nitrogens with one attached hydrogen (secondary N) is 1. The predicted octanol–water partition coefficient (Wildman–Crippen LogP) is 1.50. The Morgan fingerprint density at radius 2 is 2.56 bits per heavy atom. The van der Waals surface area contributed by atoms with E-state index in [9.17, 15) is 4.79 Å². The summed E-state index contributed by atoms with van der Waals surface area (Å²) < 4.78 is 6.42. The molecule has 0 aliphatic carbocycles. The van der Waals surface area contributed by atoms with Gasteiger partial charge >= 0.3 is 0 Å². The highest BCUT2D eigenvalue weighted by molar-refractivity contribution is 9.10. The molecule has 4 nitrogen and oxygen atoms in total. The van der Waals surface area contributed by atoms with Gasteiger partial charge in [-0.2, -0.15) is 0 Å². The molecule has 1 fully saturated rings. The number of hydrogen-bond donors (Lipinski definition) is 1. The number of ether oxygens (including phenoxy) is 1. The largest absolute Gasteiger partial charge is 0.378 e. The molecule has 0 saturated carbocycles. The van der Waals surface area contributed by atoms with Crippen LogP contribution in [0.5, 0.6) is 0 Å². The Bertz CT molecular complexity index is 405. The number of thiophene rings is 1. The molecule has 1 aliphatic rings. The van der Waals surface area contributed by atoms with E-state index in [0.29, 0.717) is 13.2 Å². The summed E-state index contributed by atoms with van der Waals surface area (Å²) in [5, 5.41) is 5.24. The first-order valence-electron chi connectivity index (χ1n) is 5.96. The van der Waals surface area contributed by atoms with Gasteiger partial charge in [-0.15, -0.1) is 11.3 Å². The van der Waals surface area contributed by atoms with Crippen LogP contribution in [0.25, 0.3) is 0 Å². The molecule has 1 amide bonds. The van der Waals surface area contributed by atoms with Gasteiger partial charge < -0.3 is 15.0 Å². The van der Waals surface area contributed by atoms with Crippen molar-refractivity contribution < 1.29 is 9.53 Å². The van der Waals surface area contributed by atoms with Gasteiger partial charge in [0.25, 0.3) is 0 Å². The number of halogens is 1. The van der Waals surface area contributed by atoms with Crippen molar-refractivity contribution in [1.82, 2.24) is 10.2 Å². The molecular weight excluding hydrogens is 316 g/mol. The lowest BCUT2D eigenvalue weighted by Gasteiger charge is -2.27. The molecule has 0 spiro atoms. The zero-order chi connectivity index (χ0) is 13.0. The number of hydrogen-bond acceptors (Lipinski definition) is 4. The highest BCUT2D eigenvalue weighted by Crippen LogP contribution is 2.20. The molecule has 6 heteroatoms. The number of carbonyl (C=O) groups is 1. The molecule has 2 heterocycles. The molecule has 1 N–H and O–H groups in total. The van der Waals surface area contributed by atoms with Gasteiger partial charge in [0.15, 0.2) is 0 Å². The minimum atomic E-state index is -0.182. The molecule has 0 bridgehead atoms. The summed E-state index contributed by atoms with van der Waals surface area (Å²) in [7, 11) is 1.85. The van der Waals surface area contributed by atoms with E-state index in [1.54, 1.807) is 16.2 Å². The van der Waals surface area contributed by atoms with Crippen molar-refractivity contribution in [3.63, 3.8) is 0 Å². The average molecular weight is 333 g/mol. The summed E-state index contributed by atoms with van der Waals surface area (Å²) in [5.74, 6) is 0.116. The van der Waals surface area contributed by atoms with Gasteiger partial charge in [-0.1, -0.05) is 0 Å². The quantitative estimate of drug-likeness (QED) is 0.908. The summed E-state index contributed by atoms with van der Waals surface area (Å²) in [4.78, 5) is 15.2. The molecule has 2 rings (SSSR count). The standard InChI is InChI=1S/C12H17BrN2O2S/c1-15(4-2-10-6-9(13)8-18-10)12(16)11-7-17-5-3-14-11/h6,8,11,14H,2-5,7H2,1H3. The van der Waals surface area contributed by atoms with Crippen LogP contribution in [0, 0.1) is 0 Å². The summed E-state index contributed by atoms with van der Waals surface area (Å²) in [6, 6.07) is 1.92. The Kier molecular flexibility index (Phi) is 5.17. The van der Waals surface area contributed by atoms with Gasteiger partial charge in [-0.3, -0.25) is 4.79 Å². The Morgan fingerprint density at radius 3 is 3.17 bits per heavy atom. The average Bonchev–Trinajstić information content (AvgIpc) is 2.82. The van der Waals surface area contributed by atoms with Gasteiger partial charge in [0, 0.05) is 34.9 Å². The lowest BCUT2D eigenvalue weighted by atomic mass is 10.2. The van der Waals surface area contributed by atoms with Gasteiger partial charge in [0.05, 0.1) is 13.2 Å². The predicted molar refractivity (Wildman–Crippen MR) is 76.0 cm³/mol. The number of likely N-dealkylation sites (N-methyl/N-ethyl adjacent to an activating group) is 1. The highest BCUT2D eigenvalue weighted by atomic mass is 79.9. The van der Waals surface area contributed by atoms with E-state index < -0.39 is 0 Å². The maximum atomic E-state index is 12.1. The molecule has 0 aromatic carbocycles. The molecule has 1 aromatic heterocycles. The smallest absolute Gasteiger partial charge is 0.241 e. The van der Waals surface area contributed by atoms with Crippen molar-refractivity contribution in [2.24, 2.45) is 0 Å². The van der Waals surface area contributed by atoms with Crippen molar-refractivity contribution in [3.05, 3.63) is 20.8 Å². The van der Waals surface area contributed by atoms with Crippen molar-refractivity contribution in [2.75, 3.05) is 33.4 Å². The van der Waals surface area contributed by atoms with Crippen LogP contribution in [0.1, 0.15) is 4.88 Å². The lowest BCUT2D eigenvalue weighted by Crippen LogP contribution is -2.51. The normalized spacial score (nSPS) is 19.8. The van der Waals surface area contributed by atoms with E-state index in [0.717, 1.165) is 24.0 Å². The van der Waals surface area contributed by atoms with E-state index in [-0.39, 0.29) is 11.9 Å². The molecule has 1 saturated heterocycles. The van der Waals surface area contributed by atoms with Gasteiger partial charge in [-0.25, -0.2) is 0 Å². The van der Waals surface area contributed by atoms with Crippen molar-refractivity contribution >= 4 is 33.2 Å². The fourth-order valence-corrected chi connectivity index (χ4v) is 3.31. The SMILES string of the molecule is CN(CCc1cc(Br)cs1)C(=O)C1COCCN1. The fraction of sp³-hybridized carbons (Fsp3) is 0.583. The van der Waals surface area contributed by atoms with Crippen LogP contribution in [0.3, 0.4) is 0 Å². The first kappa shape index (κ1) is 14.0. The topological polar surface area (TPSA) is 41.6 Å². The van der Waals surface area contributed by atoms with E-state index in [4.69, 9.17) is 4.74 Å². The summed E-state index contributed by atoms with van der Waals surface area (Å²) >= 11 is 5.15. The number of nitrogens with zero attached hydrogens (tertiary/aromatic N) is 1. The minimum Gasteiger partial charge on any atom is -0.378 e. The van der Waals surface area contributed by atoms with Crippen LogP contribution in [-0.4, -0.2) is 50.2 Å². The van der Waals surface area contributed by atoms with Crippen LogP contribution < -0.4 is 5.32 Å². The molecule has 1 aromatic rings. The van der Waals surface area contributed by atoms with Gasteiger partial charge in [0.1, 0.15) is 6.04 Å². The molecule has 0 radical (unpaired) electrons. The number of carbonyl (C=O) groups excluding carboxylic acids is 1. The van der Waals surface area contributed by atoms with Gasteiger partial charge in [0.2, 0.25) is 5.91 Å². The first-order chi connectivity index (χ1) is 8.66. The third-order valence-electron chi connectivity index (χ3n) is 2.91. The lowest BCUT2D eigenvalue weighted by molar-refractivity contribution is -0.135. The molecule has 100 valence electrons. The van der Waals surface area contributed by atoms with Crippen LogP contribution in [0.2, 0.25) is 0 Å². The monoisotopic (exact) mass is 332 g/mol. The molecule has 1 atom stereocenters. The third-order valence-corrected chi connectivity index (χ3v) is 4.67. The number of morpholine rings is 1. The first-order valence-corrected chi connectivity index (χ1v) is 7.63. The minimum absolute atomic E-state index is 0.116. The van der Waals surface area contributed by atoms with E-state index >= 15 is 0 Å². The Labute approximate surface area is 119 Å². The Balaban J connectivity index is 1.79.